The highest BCUT2D eigenvalue weighted by molar-refractivity contribution is 5.93. The minimum atomic E-state index is 0.00489. The Bertz CT molecular complexity index is 813. The number of hydrogen-bond donors (Lipinski definition) is 0. The molecular formula is C20H23N5O. The number of rotatable bonds is 7. The first kappa shape index (κ1) is 17.8. The number of aromatic nitrogens is 4. The topological polar surface area (TPSA) is 63.9 Å². The summed E-state index contributed by atoms with van der Waals surface area (Å²) >= 11 is 0. The molecule has 2 aromatic heterocycles. The van der Waals surface area contributed by atoms with E-state index in [-0.39, 0.29) is 12.5 Å². The lowest BCUT2D eigenvalue weighted by Crippen LogP contribution is -2.35. The maximum atomic E-state index is 12.8. The second-order valence-corrected chi connectivity index (χ2v) is 6.62. The van der Waals surface area contributed by atoms with Gasteiger partial charge < -0.3 is 4.90 Å². The van der Waals surface area contributed by atoms with Crippen LogP contribution in [-0.2, 0) is 11.3 Å². The van der Waals surface area contributed by atoms with Crippen LogP contribution in [0.2, 0.25) is 0 Å². The number of benzene rings is 1. The van der Waals surface area contributed by atoms with Gasteiger partial charge >= 0.3 is 0 Å². The van der Waals surface area contributed by atoms with E-state index in [9.17, 15) is 4.79 Å². The fraction of sp³-hybridized carbons (Fsp3) is 0.300. The first-order chi connectivity index (χ1) is 12.6. The summed E-state index contributed by atoms with van der Waals surface area (Å²) in [6.07, 6.45) is 7.81. The van der Waals surface area contributed by atoms with Crippen LogP contribution in [0, 0.1) is 5.92 Å². The predicted octanol–water partition coefficient (Wildman–Crippen LogP) is 3.42. The molecule has 3 aromatic rings. The van der Waals surface area contributed by atoms with E-state index in [0.717, 1.165) is 23.2 Å². The van der Waals surface area contributed by atoms with Crippen molar-refractivity contribution in [3.05, 3.63) is 61.2 Å². The SMILES string of the molecule is CC(C)CCN(C(=O)Cn1ccnn1)c1ccc(-c2cccnc2)cc1. The van der Waals surface area contributed by atoms with Crippen molar-refractivity contribution in [2.24, 2.45) is 5.92 Å². The minimum Gasteiger partial charge on any atom is -0.311 e. The van der Waals surface area contributed by atoms with Crippen molar-refractivity contribution in [3.8, 4) is 11.1 Å². The van der Waals surface area contributed by atoms with Crippen LogP contribution in [0.3, 0.4) is 0 Å². The van der Waals surface area contributed by atoms with E-state index in [2.05, 4.69) is 29.1 Å². The molecule has 0 bridgehead atoms. The zero-order valence-electron chi connectivity index (χ0n) is 15.1. The van der Waals surface area contributed by atoms with E-state index in [1.165, 1.54) is 0 Å². The van der Waals surface area contributed by atoms with Gasteiger partial charge in [0.05, 0.1) is 6.20 Å². The van der Waals surface area contributed by atoms with Crippen LogP contribution in [0.4, 0.5) is 5.69 Å². The van der Waals surface area contributed by atoms with Gasteiger partial charge in [-0.15, -0.1) is 5.10 Å². The molecule has 0 N–H and O–H groups in total. The van der Waals surface area contributed by atoms with Crippen molar-refractivity contribution in [1.82, 2.24) is 20.0 Å². The van der Waals surface area contributed by atoms with E-state index < -0.39 is 0 Å². The Morgan fingerprint density at radius 1 is 1.12 bits per heavy atom. The molecule has 3 rings (SSSR count). The molecule has 6 nitrogen and oxygen atoms in total. The average molecular weight is 349 g/mol. The summed E-state index contributed by atoms with van der Waals surface area (Å²) in [6, 6.07) is 12.0. The normalized spacial score (nSPS) is 10.9. The van der Waals surface area contributed by atoms with Crippen molar-refractivity contribution < 1.29 is 4.79 Å². The van der Waals surface area contributed by atoms with E-state index in [1.54, 1.807) is 23.3 Å². The summed E-state index contributed by atoms with van der Waals surface area (Å²) in [6.45, 7) is 5.18. The highest BCUT2D eigenvalue weighted by Gasteiger charge is 2.17. The van der Waals surface area contributed by atoms with Gasteiger partial charge in [0, 0.05) is 30.8 Å². The largest absolute Gasteiger partial charge is 0.311 e. The summed E-state index contributed by atoms with van der Waals surface area (Å²) in [7, 11) is 0. The molecule has 1 aromatic carbocycles. The zero-order valence-corrected chi connectivity index (χ0v) is 15.1. The smallest absolute Gasteiger partial charge is 0.248 e. The lowest BCUT2D eigenvalue weighted by atomic mass is 10.1. The van der Waals surface area contributed by atoms with Gasteiger partial charge in [0.25, 0.3) is 0 Å². The van der Waals surface area contributed by atoms with Crippen LogP contribution < -0.4 is 4.90 Å². The third-order valence-corrected chi connectivity index (χ3v) is 4.17. The molecule has 0 radical (unpaired) electrons. The number of amides is 1. The van der Waals surface area contributed by atoms with Crippen LogP contribution in [-0.4, -0.2) is 32.4 Å². The summed E-state index contributed by atoms with van der Waals surface area (Å²) in [4.78, 5) is 18.8. The second kappa shape index (κ2) is 8.38. The van der Waals surface area contributed by atoms with Gasteiger partial charge in [0.15, 0.2) is 0 Å². The standard InChI is InChI=1S/C20H23N5O/c1-16(2)9-12-25(20(26)15-24-13-11-22-23-24)19-7-5-17(6-8-19)18-4-3-10-21-14-18/h3-8,10-11,13-14,16H,9,12,15H2,1-2H3. The first-order valence-electron chi connectivity index (χ1n) is 8.78. The van der Waals surface area contributed by atoms with Gasteiger partial charge in [-0.3, -0.25) is 9.78 Å². The Balaban J connectivity index is 1.80. The highest BCUT2D eigenvalue weighted by atomic mass is 16.2. The second-order valence-electron chi connectivity index (χ2n) is 6.62. The summed E-state index contributed by atoms with van der Waals surface area (Å²) in [5, 5.41) is 7.66. The van der Waals surface area contributed by atoms with Crippen LogP contribution in [0.25, 0.3) is 11.1 Å². The number of carbonyl (C=O) groups excluding carboxylic acids is 1. The Kier molecular flexibility index (Phi) is 5.73. The third kappa shape index (κ3) is 4.53. The fourth-order valence-electron chi connectivity index (χ4n) is 2.69. The van der Waals surface area contributed by atoms with Crippen molar-refractivity contribution in [3.63, 3.8) is 0 Å². The molecule has 6 heteroatoms. The van der Waals surface area contributed by atoms with E-state index in [0.29, 0.717) is 12.5 Å². The van der Waals surface area contributed by atoms with E-state index in [1.807, 2.05) is 47.5 Å². The van der Waals surface area contributed by atoms with Crippen molar-refractivity contribution in [2.45, 2.75) is 26.8 Å². The molecule has 0 aliphatic rings. The third-order valence-electron chi connectivity index (χ3n) is 4.17. The molecule has 0 aliphatic heterocycles. The van der Waals surface area contributed by atoms with Crippen molar-refractivity contribution in [1.29, 1.82) is 0 Å². The molecule has 0 spiro atoms. The molecule has 0 saturated heterocycles. The fourth-order valence-corrected chi connectivity index (χ4v) is 2.69. The molecule has 134 valence electrons. The Morgan fingerprint density at radius 2 is 1.92 bits per heavy atom. The Labute approximate surface area is 153 Å². The Hall–Kier alpha value is -3.02. The number of anilines is 1. The molecule has 0 aliphatic carbocycles. The van der Waals surface area contributed by atoms with Gasteiger partial charge in [-0.25, -0.2) is 4.68 Å². The molecule has 0 unspecified atom stereocenters. The number of hydrogen-bond acceptors (Lipinski definition) is 4. The van der Waals surface area contributed by atoms with Crippen molar-refractivity contribution in [2.75, 3.05) is 11.4 Å². The van der Waals surface area contributed by atoms with Gasteiger partial charge in [0.2, 0.25) is 5.91 Å². The maximum Gasteiger partial charge on any atom is 0.248 e. The minimum absolute atomic E-state index is 0.00489. The summed E-state index contributed by atoms with van der Waals surface area (Å²) in [5.74, 6) is 0.525. The molecule has 0 fully saturated rings. The quantitative estimate of drug-likeness (QED) is 0.656. The molecule has 0 saturated carbocycles. The monoisotopic (exact) mass is 349 g/mol. The maximum absolute atomic E-state index is 12.8. The molecule has 2 heterocycles. The van der Waals surface area contributed by atoms with Crippen molar-refractivity contribution >= 4 is 11.6 Å². The predicted molar refractivity (Wildman–Crippen MR) is 102 cm³/mol. The van der Waals surface area contributed by atoms with Crippen LogP contribution >= 0.6 is 0 Å². The number of nitrogens with zero attached hydrogens (tertiary/aromatic N) is 5. The molecule has 26 heavy (non-hydrogen) atoms. The van der Waals surface area contributed by atoms with E-state index in [4.69, 9.17) is 0 Å². The number of pyridine rings is 1. The number of carbonyl (C=O) groups is 1. The lowest BCUT2D eigenvalue weighted by Gasteiger charge is -2.24. The van der Waals surface area contributed by atoms with Gasteiger partial charge in [-0.1, -0.05) is 37.3 Å². The van der Waals surface area contributed by atoms with Crippen LogP contribution in [0.5, 0.6) is 0 Å². The van der Waals surface area contributed by atoms with Gasteiger partial charge in [-0.05, 0) is 41.7 Å². The van der Waals surface area contributed by atoms with E-state index >= 15 is 0 Å². The molecular weight excluding hydrogens is 326 g/mol. The van der Waals surface area contributed by atoms with Crippen LogP contribution in [0.15, 0.2) is 61.2 Å². The van der Waals surface area contributed by atoms with Gasteiger partial charge in [0.1, 0.15) is 6.54 Å². The molecule has 1 amide bonds. The summed E-state index contributed by atoms with van der Waals surface area (Å²) < 4.78 is 1.55. The lowest BCUT2D eigenvalue weighted by molar-refractivity contribution is -0.119. The van der Waals surface area contributed by atoms with Crippen LogP contribution in [0.1, 0.15) is 20.3 Å². The Morgan fingerprint density at radius 3 is 2.54 bits per heavy atom. The first-order valence-corrected chi connectivity index (χ1v) is 8.78. The highest BCUT2D eigenvalue weighted by Crippen LogP contribution is 2.23. The zero-order chi connectivity index (χ0) is 18.4. The van der Waals surface area contributed by atoms with Gasteiger partial charge in [-0.2, -0.15) is 0 Å². The molecule has 0 atom stereocenters. The summed E-state index contributed by atoms with van der Waals surface area (Å²) in [5.41, 5.74) is 3.03. The average Bonchev–Trinajstić information content (AvgIpc) is 3.16.